The largest absolute Gasteiger partial charge is 0.785 e. The quantitative estimate of drug-likeness (QED) is 0.335. The van der Waals surface area contributed by atoms with Gasteiger partial charge in [0.1, 0.15) is 5.78 Å². The number of hydroxylamine groups is 2. The van der Waals surface area contributed by atoms with Crippen molar-refractivity contribution in [1.29, 1.82) is 0 Å². The first kappa shape index (κ1) is 18.4. The van der Waals surface area contributed by atoms with Gasteiger partial charge in [0.05, 0.1) is 10.8 Å². The van der Waals surface area contributed by atoms with Gasteiger partial charge in [-0.1, -0.05) is 12.1 Å². The summed E-state index contributed by atoms with van der Waals surface area (Å²) in [5, 5.41) is 50.9. The Morgan fingerprint density at radius 2 is 1.96 bits per heavy atom. The monoisotopic (exact) mass is 339 g/mol. The predicted octanol–water partition coefficient (Wildman–Crippen LogP) is -0.186. The zero-order chi connectivity index (χ0) is 17.9. The number of aliphatic hydroxyl groups excluding tert-OH is 2. The maximum atomic E-state index is 12.4. The van der Waals surface area contributed by atoms with Crippen LogP contribution in [-0.4, -0.2) is 56.6 Å². The van der Waals surface area contributed by atoms with Gasteiger partial charge in [-0.2, -0.15) is 0 Å². The number of hydrogen-bond acceptors (Lipinski definition) is 8. The summed E-state index contributed by atoms with van der Waals surface area (Å²) in [5.74, 6) is -2.14. The van der Waals surface area contributed by atoms with Crippen LogP contribution in [0.4, 0.5) is 5.69 Å². The fourth-order valence-electron chi connectivity index (χ4n) is 3.06. The van der Waals surface area contributed by atoms with Crippen LogP contribution in [0.5, 0.6) is 0 Å². The van der Waals surface area contributed by atoms with E-state index in [1.807, 2.05) is 0 Å². The SMILES string of the molecule is O=C(Cc1ccc([N+](=O)[O-])cc1)C(C(O)O)C1CN([O-])C1CCO. The molecule has 3 N–H and O–H groups in total. The molecule has 0 aromatic heterocycles. The van der Waals surface area contributed by atoms with Crippen LogP contribution < -0.4 is 0 Å². The number of benzene rings is 1. The number of aliphatic hydroxyl groups is 3. The maximum absolute atomic E-state index is 12.4. The lowest BCUT2D eigenvalue weighted by molar-refractivity contribution is -0.384. The van der Waals surface area contributed by atoms with Crippen molar-refractivity contribution >= 4 is 11.5 Å². The van der Waals surface area contributed by atoms with E-state index in [1.54, 1.807) is 0 Å². The second-order valence-electron chi connectivity index (χ2n) is 5.85. The average Bonchev–Trinajstić information content (AvgIpc) is 2.52. The first-order chi connectivity index (χ1) is 11.3. The third kappa shape index (κ3) is 3.94. The average molecular weight is 339 g/mol. The third-order valence-electron chi connectivity index (χ3n) is 4.36. The van der Waals surface area contributed by atoms with Gasteiger partial charge in [-0.15, -0.1) is 0 Å². The number of carbonyl (C=O) groups excluding carboxylic acids is 1. The summed E-state index contributed by atoms with van der Waals surface area (Å²) in [4.78, 5) is 22.5. The zero-order valence-electron chi connectivity index (χ0n) is 12.8. The van der Waals surface area contributed by atoms with Gasteiger partial charge in [0, 0.05) is 31.2 Å². The molecule has 0 bridgehead atoms. The lowest BCUT2D eigenvalue weighted by Gasteiger charge is -2.55. The highest BCUT2D eigenvalue weighted by molar-refractivity contribution is 5.84. The number of rotatable bonds is 8. The van der Waals surface area contributed by atoms with Crippen molar-refractivity contribution in [3.63, 3.8) is 0 Å². The summed E-state index contributed by atoms with van der Waals surface area (Å²) in [6.45, 7) is -0.232. The Kier molecular flexibility index (Phi) is 5.97. The van der Waals surface area contributed by atoms with E-state index in [0.717, 1.165) is 5.06 Å². The number of carbonyl (C=O) groups is 1. The number of nitro groups is 1. The van der Waals surface area contributed by atoms with Gasteiger partial charge in [-0.05, 0) is 24.4 Å². The Morgan fingerprint density at radius 3 is 2.42 bits per heavy atom. The van der Waals surface area contributed by atoms with E-state index in [0.29, 0.717) is 5.56 Å². The van der Waals surface area contributed by atoms with Gasteiger partial charge in [-0.25, -0.2) is 0 Å². The van der Waals surface area contributed by atoms with E-state index < -0.39 is 34.9 Å². The molecule has 1 aromatic carbocycles. The number of Topliss-reactive ketones (excluding diaryl/α,β-unsaturated/α-hetero) is 1. The second kappa shape index (κ2) is 7.77. The first-order valence-electron chi connectivity index (χ1n) is 7.52. The van der Waals surface area contributed by atoms with Crippen molar-refractivity contribution in [2.75, 3.05) is 13.2 Å². The molecule has 0 amide bonds. The Bertz CT molecular complexity index is 590. The summed E-state index contributed by atoms with van der Waals surface area (Å²) in [6.07, 6.45) is -1.88. The van der Waals surface area contributed by atoms with Crippen LogP contribution in [0.15, 0.2) is 24.3 Å². The van der Waals surface area contributed by atoms with E-state index >= 15 is 0 Å². The maximum Gasteiger partial charge on any atom is 0.269 e. The van der Waals surface area contributed by atoms with Crippen LogP contribution in [0, 0.1) is 27.2 Å². The van der Waals surface area contributed by atoms with Crippen molar-refractivity contribution in [3.05, 3.63) is 45.2 Å². The molecule has 132 valence electrons. The zero-order valence-corrected chi connectivity index (χ0v) is 12.8. The van der Waals surface area contributed by atoms with Crippen molar-refractivity contribution in [2.24, 2.45) is 11.8 Å². The third-order valence-corrected chi connectivity index (χ3v) is 4.36. The fraction of sp³-hybridized carbons (Fsp3) is 0.533. The minimum Gasteiger partial charge on any atom is -0.785 e. The Balaban J connectivity index is 2.08. The van der Waals surface area contributed by atoms with Crippen molar-refractivity contribution in [2.45, 2.75) is 25.2 Å². The van der Waals surface area contributed by atoms with Crippen LogP contribution in [0.1, 0.15) is 12.0 Å². The summed E-state index contributed by atoms with van der Waals surface area (Å²) < 4.78 is 0. The van der Waals surface area contributed by atoms with E-state index in [1.165, 1.54) is 24.3 Å². The highest BCUT2D eigenvalue weighted by Crippen LogP contribution is 2.35. The molecular formula is C15H19N2O7-. The number of nitrogens with zero attached hydrogens (tertiary/aromatic N) is 2. The lowest BCUT2D eigenvalue weighted by Crippen LogP contribution is -2.59. The smallest absolute Gasteiger partial charge is 0.269 e. The summed E-state index contributed by atoms with van der Waals surface area (Å²) >= 11 is 0. The molecule has 0 saturated carbocycles. The predicted molar refractivity (Wildman–Crippen MR) is 82.6 cm³/mol. The van der Waals surface area contributed by atoms with E-state index in [4.69, 9.17) is 5.11 Å². The number of hydrogen-bond donors (Lipinski definition) is 3. The van der Waals surface area contributed by atoms with Gasteiger partial charge < -0.3 is 25.6 Å². The highest BCUT2D eigenvalue weighted by Gasteiger charge is 2.44. The van der Waals surface area contributed by atoms with Crippen LogP contribution >= 0.6 is 0 Å². The topological polar surface area (TPSA) is 147 Å². The molecule has 1 aliphatic heterocycles. The van der Waals surface area contributed by atoms with E-state index in [2.05, 4.69) is 0 Å². The molecule has 9 heteroatoms. The molecule has 1 saturated heterocycles. The Hall–Kier alpha value is -1.91. The Labute approximate surface area is 137 Å². The lowest BCUT2D eigenvalue weighted by atomic mass is 9.75. The van der Waals surface area contributed by atoms with Crippen LogP contribution in [0.3, 0.4) is 0 Å². The number of ketones is 1. The number of nitro benzene ring substituents is 1. The van der Waals surface area contributed by atoms with Gasteiger partial charge in [-0.3, -0.25) is 14.9 Å². The molecule has 1 aromatic rings. The van der Waals surface area contributed by atoms with Crippen molar-refractivity contribution in [3.8, 4) is 0 Å². The van der Waals surface area contributed by atoms with Gasteiger partial charge in [0.25, 0.3) is 5.69 Å². The van der Waals surface area contributed by atoms with Crippen molar-refractivity contribution in [1.82, 2.24) is 5.06 Å². The summed E-state index contributed by atoms with van der Waals surface area (Å²) in [5.41, 5.74) is 0.405. The van der Waals surface area contributed by atoms with E-state index in [9.17, 15) is 30.3 Å². The van der Waals surface area contributed by atoms with Crippen molar-refractivity contribution < 1.29 is 25.0 Å². The second-order valence-corrected chi connectivity index (χ2v) is 5.85. The van der Waals surface area contributed by atoms with Gasteiger partial charge in [0.2, 0.25) is 0 Å². The van der Waals surface area contributed by atoms with Crippen LogP contribution in [0.25, 0.3) is 0 Å². The minimum absolute atomic E-state index is 0.00104. The van der Waals surface area contributed by atoms with Crippen LogP contribution in [-0.2, 0) is 11.2 Å². The molecule has 0 spiro atoms. The summed E-state index contributed by atoms with van der Waals surface area (Å²) in [7, 11) is 0. The molecular weight excluding hydrogens is 320 g/mol. The molecule has 2 rings (SSSR count). The van der Waals surface area contributed by atoms with E-state index in [-0.39, 0.29) is 31.7 Å². The molecule has 0 radical (unpaired) electrons. The molecule has 1 aliphatic rings. The van der Waals surface area contributed by atoms with Gasteiger partial charge >= 0.3 is 0 Å². The van der Waals surface area contributed by atoms with Gasteiger partial charge in [0.15, 0.2) is 6.29 Å². The molecule has 3 atom stereocenters. The first-order valence-corrected chi connectivity index (χ1v) is 7.52. The molecule has 3 unspecified atom stereocenters. The fourth-order valence-corrected chi connectivity index (χ4v) is 3.06. The summed E-state index contributed by atoms with van der Waals surface area (Å²) in [6, 6.07) is 4.78. The van der Waals surface area contributed by atoms with Crippen LogP contribution in [0.2, 0.25) is 0 Å². The highest BCUT2D eigenvalue weighted by atomic mass is 16.6. The molecule has 1 fully saturated rings. The molecule has 0 aliphatic carbocycles. The standard InChI is InChI=1S/C15H19N2O7/c18-6-5-12-11(8-16(12)22)14(15(20)21)13(19)7-9-1-3-10(4-2-9)17(23)24/h1-4,11-12,14-15,18,20-21H,5-8H2/q-1. The molecule has 1 heterocycles. The normalized spacial score (nSPS) is 22.2. The molecule has 9 nitrogen and oxygen atoms in total. The number of non-ortho nitro benzene ring substituents is 1. The minimum atomic E-state index is -1.91. The Morgan fingerprint density at radius 1 is 1.33 bits per heavy atom. The molecule has 24 heavy (non-hydrogen) atoms.